The van der Waals surface area contributed by atoms with Crippen LogP contribution in [0.3, 0.4) is 0 Å². The minimum absolute atomic E-state index is 0.181. The Balaban J connectivity index is 1.75. The van der Waals surface area contributed by atoms with E-state index < -0.39 is 21.3 Å². The molecule has 2 N–H and O–H groups in total. The quantitative estimate of drug-likeness (QED) is 0.544. The van der Waals surface area contributed by atoms with Crippen LogP contribution in [0.1, 0.15) is 19.3 Å². The van der Waals surface area contributed by atoms with E-state index in [2.05, 4.69) is 0 Å². The molecule has 9 heteroatoms. The lowest BCUT2D eigenvalue weighted by atomic mass is 9.75. The summed E-state index contributed by atoms with van der Waals surface area (Å²) in [7, 11) is -3.33. The zero-order chi connectivity index (χ0) is 21.1. The fourth-order valence-corrected chi connectivity index (χ4v) is 4.64. The highest BCUT2D eigenvalue weighted by molar-refractivity contribution is 7.88. The molecular weight excluding hydrogens is 394 g/mol. The number of piperidine rings is 1. The normalized spacial score (nSPS) is 17.0. The van der Waals surface area contributed by atoms with Gasteiger partial charge in [0.1, 0.15) is 0 Å². The Morgan fingerprint density at radius 3 is 2.34 bits per heavy atom. The van der Waals surface area contributed by atoms with E-state index in [0.29, 0.717) is 13.0 Å². The van der Waals surface area contributed by atoms with Gasteiger partial charge in [-0.15, -0.1) is 0 Å². The SMILES string of the molecule is CS(=O)(=O)N1CCC(CCn2ccc(-c3ccccc3)cc2=O)(C(=O)NO)CC1. The standard InChI is InChI=1S/C20H25N3O5S/c1-29(27,28)23-13-9-20(10-14-23,19(25)21-26)8-12-22-11-7-17(15-18(22)24)16-5-3-2-4-6-16/h2-7,11,15,26H,8-10,12-14H2,1H3,(H,21,25). The van der Waals surface area contributed by atoms with Crippen molar-refractivity contribution in [1.29, 1.82) is 0 Å². The van der Waals surface area contributed by atoms with Crippen LogP contribution in [0.5, 0.6) is 0 Å². The molecule has 29 heavy (non-hydrogen) atoms. The molecule has 0 bridgehead atoms. The Hall–Kier alpha value is -2.49. The first-order valence-electron chi connectivity index (χ1n) is 9.41. The maximum Gasteiger partial charge on any atom is 0.251 e. The van der Waals surface area contributed by atoms with Crippen molar-refractivity contribution in [3.05, 3.63) is 59.0 Å². The number of amides is 1. The van der Waals surface area contributed by atoms with Gasteiger partial charge in [-0.2, -0.15) is 0 Å². The molecule has 0 unspecified atom stereocenters. The summed E-state index contributed by atoms with van der Waals surface area (Å²) in [5.74, 6) is -0.542. The van der Waals surface area contributed by atoms with Crippen LogP contribution in [-0.2, 0) is 21.4 Å². The highest BCUT2D eigenvalue weighted by atomic mass is 32.2. The zero-order valence-electron chi connectivity index (χ0n) is 16.2. The van der Waals surface area contributed by atoms with E-state index in [4.69, 9.17) is 0 Å². The molecule has 8 nitrogen and oxygen atoms in total. The molecule has 0 atom stereocenters. The molecule has 1 aliphatic heterocycles. The predicted octanol–water partition coefficient (Wildman–Crippen LogP) is 1.45. The molecule has 0 spiro atoms. The number of hydrogen-bond donors (Lipinski definition) is 2. The number of nitrogens with zero attached hydrogens (tertiary/aromatic N) is 2. The monoisotopic (exact) mass is 419 g/mol. The Morgan fingerprint density at radius 2 is 1.79 bits per heavy atom. The Labute approximate surface area is 169 Å². The Morgan fingerprint density at radius 1 is 1.14 bits per heavy atom. The van der Waals surface area contributed by atoms with E-state index in [-0.39, 0.29) is 31.5 Å². The topological polar surface area (TPSA) is 109 Å². The minimum atomic E-state index is -3.33. The van der Waals surface area contributed by atoms with E-state index >= 15 is 0 Å². The van der Waals surface area contributed by atoms with Gasteiger partial charge < -0.3 is 4.57 Å². The third-order valence-electron chi connectivity index (χ3n) is 5.67. The summed E-state index contributed by atoms with van der Waals surface area (Å²) < 4.78 is 26.3. The summed E-state index contributed by atoms with van der Waals surface area (Å²) in [4.78, 5) is 24.9. The maximum atomic E-state index is 12.5. The van der Waals surface area contributed by atoms with Gasteiger partial charge in [-0.1, -0.05) is 30.3 Å². The lowest BCUT2D eigenvalue weighted by Gasteiger charge is -2.39. The number of benzene rings is 1. The van der Waals surface area contributed by atoms with Crippen molar-refractivity contribution in [2.75, 3.05) is 19.3 Å². The van der Waals surface area contributed by atoms with Crippen LogP contribution >= 0.6 is 0 Å². The van der Waals surface area contributed by atoms with Crippen LogP contribution < -0.4 is 11.0 Å². The van der Waals surface area contributed by atoms with Crippen molar-refractivity contribution in [3.8, 4) is 11.1 Å². The zero-order valence-corrected chi connectivity index (χ0v) is 17.1. The Bertz CT molecular complexity index is 1030. The van der Waals surface area contributed by atoms with Crippen LogP contribution in [0.25, 0.3) is 11.1 Å². The van der Waals surface area contributed by atoms with Crippen LogP contribution in [0.2, 0.25) is 0 Å². The van der Waals surface area contributed by atoms with E-state index in [0.717, 1.165) is 17.4 Å². The average molecular weight is 420 g/mol. The highest BCUT2D eigenvalue weighted by Gasteiger charge is 2.42. The van der Waals surface area contributed by atoms with Crippen molar-refractivity contribution in [2.24, 2.45) is 5.41 Å². The van der Waals surface area contributed by atoms with Gasteiger partial charge in [-0.05, 0) is 36.5 Å². The summed E-state index contributed by atoms with van der Waals surface area (Å²) in [5.41, 5.74) is 2.37. The number of rotatable bonds is 6. The van der Waals surface area contributed by atoms with Gasteiger partial charge in [0.15, 0.2) is 0 Å². The number of hydrogen-bond acceptors (Lipinski definition) is 5. The molecular formula is C20H25N3O5S. The first-order chi connectivity index (χ1) is 13.7. The van der Waals surface area contributed by atoms with Crippen LogP contribution in [0.4, 0.5) is 0 Å². The third-order valence-corrected chi connectivity index (χ3v) is 6.97. The van der Waals surface area contributed by atoms with Gasteiger partial charge >= 0.3 is 0 Å². The summed E-state index contributed by atoms with van der Waals surface area (Å²) in [6.45, 7) is 0.697. The molecule has 1 aromatic heterocycles. The number of carbonyl (C=O) groups is 1. The fraction of sp³-hybridized carbons (Fsp3) is 0.400. The molecule has 1 amide bonds. The summed E-state index contributed by atoms with van der Waals surface area (Å²) in [5, 5.41) is 9.19. The molecule has 0 aliphatic carbocycles. The number of hydroxylamine groups is 1. The molecule has 2 aromatic rings. The lowest BCUT2D eigenvalue weighted by molar-refractivity contribution is -0.143. The predicted molar refractivity (Wildman–Crippen MR) is 109 cm³/mol. The van der Waals surface area contributed by atoms with Gasteiger partial charge in [-0.25, -0.2) is 18.2 Å². The largest absolute Gasteiger partial charge is 0.315 e. The molecule has 156 valence electrons. The number of sulfonamides is 1. The number of carbonyl (C=O) groups excluding carboxylic acids is 1. The molecule has 2 heterocycles. The van der Waals surface area contributed by atoms with Gasteiger partial charge in [-0.3, -0.25) is 14.8 Å². The van der Waals surface area contributed by atoms with Crippen LogP contribution in [0.15, 0.2) is 53.5 Å². The molecule has 1 aliphatic rings. The molecule has 1 fully saturated rings. The second kappa shape index (κ2) is 8.48. The second-order valence-electron chi connectivity index (χ2n) is 7.45. The summed E-state index contributed by atoms with van der Waals surface area (Å²) in [6, 6.07) is 13.0. The second-order valence-corrected chi connectivity index (χ2v) is 9.43. The first kappa shape index (κ1) is 21.2. The number of aryl methyl sites for hydroxylation is 1. The minimum Gasteiger partial charge on any atom is -0.315 e. The summed E-state index contributed by atoms with van der Waals surface area (Å²) >= 11 is 0. The van der Waals surface area contributed by atoms with E-state index in [9.17, 15) is 23.2 Å². The van der Waals surface area contributed by atoms with Crippen LogP contribution in [-0.4, -0.2) is 47.7 Å². The van der Waals surface area contributed by atoms with Gasteiger partial charge in [0.2, 0.25) is 15.9 Å². The third kappa shape index (κ3) is 4.75. The molecule has 1 aromatic carbocycles. The molecule has 3 rings (SSSR count). The van der Waals surface area contributed by atoms with Crippen molar-refractivity contribution < 1.29 is 18.4 Å². The first-order valence-corrected chi connectivity index (χ1v) is 11.3. The van der Waals surface area contributed by atoms with Gasteiger partial charge in [0.05, 0.1) is 11.7 Å². The molecule has 0 radical (unpaired) electrons. The molecule has 1 saturated heterocycles. The van der Waals surface area contributed by atoms with Crippen molar-refractivity contribution in [3.63, 3.8) is 0 Å². The van der Waals surface area contributed by atoms with Crippen molar-refractivity contribution in [2.45, 2.75) is 25.8 Å². The number of aromatic nitrogens is 1. The van der Waals surface area contributed by atoms with Crippen molar-refractivity contribution >= 4 is 15.9 Å². The van der Waals surface area contributed by atoms with Crippen LogP contribution in [0, 0.1) is 5.41 Å². The van der Waals surface area contributed by atoms with Crippen molar-refractivity contribution in [1.82, 2.24) is 14.4 Å². The average Bonchev–Trinajstić information content (AvgIpc) is 2.72. The fourth-order valence-electron chi connectivity index (χ4n) is 3.79. The molecule has 0 saturated carbocycles. The van der Waals surface area contributed by atoms with E-state index in [1.54, 1.807) is 17.7 Å². The smallest absolute Gasteiger partial charge is 0.251 e. The number of pyridine rings is 1. The van der Waals surface area contributed by atoms with Gasteiger partial charge in [0, 0.05) is 31.9 Å². The maximum absolute atomic E-state index is 12.5. The van der Waals surface area contributed by atoms with E-state index in [1.807, 2.05) is 36.4 Å². The van der Waals surface area contributed by atoms with Gasteiger partial charge in [0.25, 0.3) is 5.56 Å². The summed E-state index contributed by atoms with van der Waals surface area (Å²) in [6.07, 6.45) is 3.72. The highest BCUT2D eigenvalue weighted by Crippen LogP contribution is 2.36. The van der Waals surface area contributed by atoms with E-state index in [1.165, 1.54) is 8.87 Å². The number of nitrogens with one attached hydrogen (secondary N) is 1. The lowest BCUT2D eigenvalue weighted by Crippen LogP contribution is -2.50. The Kier molecular flexibility index (Phi) is 6.21.